The molecule has 0 bridgehead atoms. The van der Waals surface area contributed by atoms with Gasteiger partial charge in [-0.15, -0.1) is 0 Å². The summed E-state index contributed by atoms with van der Waals surface area (Å²) in [5.41, 5.74) is -0.394. The van der Waals surface area contributed by atoms with Gasteiger partial charge in [0.1, 0.15) is 5.60 Å². The van der Waals surface area contributed by atoms with Crippen LogP contribution in [0.4, 0.5) is 4.79 Å². The Balaban J connectivity index is 2.09. The van der Waals surface area contributed by atoms with Crippen LogP contribution in [0.15, 0.2) is 24.3 Å². The van der Waals surface area contributed by atoms with Crippen molar-refractivity contribution in [2.24, 2.45) is 0 Å². The van der Waals surface area contributed by atoms with E-state index in [9.17, 15) is 14.7 Å². The monoisotopic (exact) mass is 321 g/mol. The first-order valence-electron chi connectivity index (χ1n) is 7.67. The number of fused-ring (bicyclic) bond motifs is 1. The second kappa shape index (κ2) is 6.58. The van der Waals surface area contributed by atoms with Gasteiger partial charge in [-0.3, -0.25) is 0 Å². The standard InChI is InChI=1S/C17H23NO5/c1-16(2,3)23-15(21)18-10-9-17(14(19)20)13-7-5-4-6-12(13)8-11-22-17/h4-7H,8-11H2,1-3H3,(H,18,21)(H,19,20)/t17-/m0/s1. The van der Waals surface area contributed by atoms with E-state index in [-0.39, 0.29) is 13.0 Å². The number of amides is 1. The van der Waals surface area contributed by atoms with Gasteiger partial charge in [0, 0.05) is 13.0 Å². The molecule has 1 aliphatic heterocycles. The molecule has 1 heterocycles. The zero-order valence-corrected chi connectivity index (χ0v) is 13.7. The molecule has 1 aromatic rings. The maximum absolute atomic E-state index is 11.9. The van der Waals surface area contributed by atoms with E-state index in [0.717, 1.165) is 5.56 Å². The molecule has 0 saturated carbocycles. The highest BCUT2D eigenvalue weighted by Crippen LogP contribution is 2.36. The lowest BCUT2D eigenvalue weighted by Crippen LogP contribution is -2.45. The topological polar surface area (TPSA) is 84.9 Å². The van der Waals surface area contributed by atoms with Crippen LogP contribution in [0.25, 0.3) is 0 Å². The van der Waals surface area contributed by atoms with E-state index >= 15 is 0 Å². The fourth-order valence-electron chi connectivity index (χ4n) is 2.69. The van der Waals surface area contributed by atoms with Gasteiger partial charge in [-0.25, -0.2) is 9.59 Å². The summed E-state index contributed by atoms with van der Waals surface area (Å²) in [4.78, 5) is 23.6. The number of aliphatic carboxylic acids is 1. The number of carbonyl (C=O) groups excluding carboxylic acids is 1. The van der Waals surface area contributed by atoms with Crippen molar-refractivity contribution in [2.45, 2.75) is 44.8 Å². The van der Waals surface area contributed by atoms with E-state index in [2.05, 4.69) is 5.32 Å². The van der Waals surface area contributed by atoms with Gasteiger partial charge in [0.25, 0.3) is 0 Å². The predicted octanol–water partition coefficient (Wildman–Crippen LogP) is 2.45. The Labute approximate surface area is 135 Å². The number of benzene rings is 1. The molecule has 2 N–H and O–H groups in total. The number of nitrogens with one attached hydrogen (secondary N) is 1. The summed E-state index contributed by atoms with van der Waals surface area (Å²) in [5, 5.41) is 12.3. The number of hydrogen-bond donors (Lipinski definition) is 2. The summed E-state index contributed by atoms with van der Waals surface area (Å²) in [6.45, 7) is 5.80. The second-order valence-corrected chi connectivity index (χ2v) is 6.57. The second-order valence-electron chi connectivity index (χ2n) is 6.57. The quantitative estimate of drug-likeness (QED) is 0.890. The van der Waals surface area contributed by atoms with Crippen molar-refractivity contribution in [1.82, 2.24) is 5.32 Å². The van der Waals surface area contributed by atoms with Crippen molar-refractivity contribution < 1.29 is 24.2 Å². The average Bonchev–Trinajstić information content (AvgIpc) is 2.45. The molecule has 0 saturated heterocycles. The molecule has 23 heavy (non-hydrogen) atoms. The van der Waals surface area contributed by atoms with Crippen molar-refractivity contribution >= 4 is 12.1 Å². The number of rotatable bonds is 4. The maximum atomic E-state index is 11.9. The minimum atomic E-state index is -1.43. The first-order valence-corrected chi connectivity index (χ1v) is 7.67. The third kappa shape index (κ3) is 4.01. The molecule has 6 heteroatoms. The molecule has 0 fully saturated rings. The van der Waals surface area contributed by atoms with Gasteiger partial charge in [-0.2, -0.15) is 0 Å². The Bertz CT molecular complexity index is 593. The smallest absolute Gasteiger partial charge is 0.407 e. The molecule has 126 valence electrons. The van der Waals surface area contributed by atoms with Crippen LogP contribution in [-0.4, -0.2) is 35.9 Å². The lowest BCUT2D eigenvalue weighted by Gasteiger charge is -2.35. The van der Waals surface area contributed by atoms with Gasteiger partial charge in [-0.05, 0) is 38.3 Å². The highest BCUT2D eigenvalue weighted by molar-refractivity contribution is 5.80. The average molecular weight is 321 g/mol. The van der Waals surface area contributed by atoms with E-state index in [4.69, 9.17) is 9.47 Å². The normalized spacial score (nSPS) is 20.5. The number of carboxylic acids is 1. The van der Waals surface area contributed by atoms with Gasteiger partial charge < -0.3 is 19.9 Å². The zero-order valence-electron chi connectivity index (χ0n) is 13.7. The highest BCUT2D eigenvalue weighted by atomic mass is 16.6. The van der Waals surface area contributed by atoms with E-state index in [1.165, 1.54) is 0 Å². The molecule has 0 unspecified atom stereocenters. The molecule has 0 aliphatic carbocycles. The minimum Gasteiger partial charge on any atom is -0.479 e. The SMILES string of the molecule is CC(C)(C)OC(=O)NCC[C@]1(C(=O)O)OCCc2ccccc21. The van der Waals surface area contributed by atoms with Crippen LogP contribution >= 0.6 is 0 Å². The molecular weight excluding hydrogens is 298 g/mol. The number of alkyl carbamates (subject to hydrolysis) is 1. The fourth-order valence-corrected chi connectivity index (χ4v) is 2.69. The largest absolute Gasteiger partial charge is 0.479 e. The van der Waals surface area contributed by atoms with Gasteiger partial charge >= 0.3 is 12.1 Å². The third-order valence-corrected chi connectivity index (χ3v) is 3.66. The van der Waals surface area contributed by atoms with Crippen molar-refractivity contribution in [1.29, 1.82) is 0 Å². The molecule has 1 amide bonds. The summed E-state index contributed by atoms with van der Waals surface area (Å²) >= 11 is 0. The van der Waals surface area contributed by atoms with Crippen molar-refractivity contribution in [3.63, 3.8) is 0 Å². The van der Waals surface area contributed by atoms with Crippen molar-refractivity contribution in [3.05, 3.63) is 35.4 Å². The van der Waals surface area contributed by atoms with E-state index in [1.54, 1.807) is 32.9 Å². The van der Waals surface area contributed by atoms with Gasteiger partial charge in [-0.1, -0.05) is 24.3 Å². The number of hydrogen-bond acceptors (Lipinski definition) is 4. The zero-order chi connectivity index (χ0) is 17.1. The summed E-state index contributed by atoms with van der Waals surface area (Å²) in [6.07, 6.45) is 0.255. The van der Waals surface area contributed by atoms with Crippen LogP contribution in [-0.2, 0) is 26.3 Å². The molecule has 1 aliphatic rings. The third-order valence-electron chi connectivity index (χ3n) is 3.66. The number of ether oxygens (including phenoxy) is 2. The molecule has 2 rings (SSSR count). The Hall–Kier alpha value is -2.08. The molecule has 0 spiro atoms. The summed E-state index contributed by atoms with van der Waals surface area (Å²) in [7, 11) is 0. The molecule has 0 aromatic heterocycles. The van der Waals surface area contributed by atoms with Crippen LogP contribution in [0.3, 0.4) is 0 Å². The fraction of sp³-hybridized carbons (Fsp3) is 0.529. The Kier molecular flexibility index (Phi) is 4.94. The van der Waals surface area contributed by atoms with Crippen LogP contribution < -0.4 is 5.32 Å². The molecule has 1 atom stereocenters. The van der Waals surface area contributed by atoms with E-state index in [0.29, 0.717) is 18.6 Å². The lowest BCUT2D eigenvalue weighted by atomic mass is 9.84. The van der Waals surface area contributed by atoms with Crippen molar-refractivity contribution in [2.75, 3.05) is 13.2 Å². The summed E-state index contributed by atoms with van der Waals surface area (Å²) in [6, 6.07) is 7.37. The first-order chi connectivity index (χ1) is 10.7. The van der Waals surface area contributed by atoms with Gasteiger partial charge in [0.05, 0.1) is 6.61 Å². The van der Waals surface area contributed by atoms with Crippen LogP contribution in [0, 0.1) is 0 Å². The summed E-state index contributed by atoms with van der Waals surface area (Å²) in [5.74, 6) is -1.05. The number of carbonyl (C=O) groups is 2. The Morgan fingerprint density at radius 3 is 2.70 bits per heavy atom. The van der Waals surface area contributed by atoms with Crippen LogP contribution in [0.1, 0.15) is 38.3 Å². The lowest BCUT2D eigenvalue weighted by molar-refractivity contribution is -0.171. The minimum absolute atomic E-state index is 0.137. The molecule has 0 radical (unpaired) electrons. The van der Waals surface area contributed by atoms with Crippen LogP contribution in [0.2, 0.25) is 0 Å². The van der Waals surface area contributed by atoms with Crippen LogP contribution in [0.5, 0.6) is 0 Å². The van der Waals surface area contributed by atoms with Gasteiger partial charge in [0.2, 0.25) is 0 Å². The maximum Gasteiger partial charge on any atom is 0.407 e. The Morgan fingerprint density at radius 1 is 1.35 bits per heavy atom. The van der Waals surface area contributed by atoms with Gasteiger partial charge in [0.15, 0.2) is 5.60 Å². The number of carboxylic acid groups (broad SMARTS) is 1. The Morgan fingerprint density at radius 2 is 2.04 bits per heavy atom. The predicted molar refractivity (Wildman–Crippen MR) is 84.3 cm³/mol. The van der Waals surface area contributed by atoms with E-state index < -0.39 is 23.3 Å². The highest BCUT2D eigenvalue weighted by Gasteiger charge is 2.44. The van der Waals surface area contributed by atoms with E-state index in [1.807, 2.05) is 12.1 Å². The molecule has 1 aromatic carbocycles. The summed E-state index contributed by atoms with van der Waals surface area (Å²) < 4.78 is 10.8. The van der Waals surface area contributed by atoms with Crippen molar-refractivity contribution in [3.8, 4) is 0 Å². The first kappa shape index (κ1) is 17.3. The molecular formula is C17H23NO5. The molecule has 6 nitrogen and oxygen atoms in total.